The molecule has 5 heteroatoms. The van der Waals surface area contributed by atoms with Crippen LogP contribution in [0.5, 0.6) is 0 Å². The molecule has 0 saturated carbocycles. The summed E-state index contributed by atoms with van der Waals surface area (Å²) in [5, 5.41) is 8.32. The average molecular weight is 322 g/mol. The van der Waals surface area contributed by atoms with Crippen LogP contribution in [-0.4, -0.2) is 20.7 Å². The zero-order valence-electron chi connectivity index (χ0n) is 14.8. The Kier molecular flexibility index (Phi) is 4.09. The van der Waals surface area contributed by atoms with Crippen molar-refractivity contribution < 1.29 is 4.79 Å². The van der Waals surface area contributed by atoms with E-state index in [0.29, 0.717) is 5.56 Å². The summed E-state index contributed by atoms with van der Waals surface area (Å²) in [5.74, 6) is -0.120. The molecule has 1 N–H and O–H groups in total. The zero-order valence-corrected chi connectivity index (χ0v) is 14.8. The Balaban J connectivity index is 2.11. The summed E-state index contributed by atoms with van der Waals surface area (Å²) in [4.78, 5) is 17.5. The number of pyridine rings is 1. The minimum Gasteiger partial charge on any atom is -0.321 e. The van der Waals surface area contributed by atoms with Gasteiger partial charge in [0, 0.05) is 18.4 Å². The third-order valence-electron chi connectivity index (χ3n) is 4.32. The van der Waals surface area contributed by atoms with Gasteiger partial charge in [0.15, 0.2) is 5.65 Å². The fraction of sp³-hybridized carbons (Fsp3) is 0.316. The number of nitrogens with zero attached hydrogens (tertiary/aromatic N) is 3. The SMILES string of the molecule is CCc1cccc(C)c1NC(=O)c1cc(C)nc2c1c(C)nn2C. The Morgan fingerprint density at radius 2 is 2.00 bits per heavy atom. The predicted octanol–water partition coefficient (Wildman–Crippen LogP) is 3.71. The Labute approximate surface area is 141 Å². The molecule has 3 rings (SSSR count). The number of benzene rings is 1. The Morgan fingerprint density at radius 1 is 1.25 bits per heavy atom. The molecule has 3 aromatic rings. The van der Waals surface area contributed by atoms with E-state index in [1.165, 1.54) is 0 Å². The quantitative estimate of drug-likeness (QED) is 0.799. The van der Waals surface area contributed by atoms with Crippen LogP contribution in [0.3, 0.4) is 0 Å². The summed E-state index contributed by atoms with van der Waals surface area (Å²) in [5.41, 5.74) is 6.06. The summed E-state index contributed by atoms with van der Waals surface area (Å²) < 4.78 is 1.72. The molecule has 0 atom stereocenters. The summed E-state index contributed by atoms with van der Waals surface area (Å²) in [6, 6.07) is 7.91. The molecule has 0 fully saturated rings. The second-order valence-corrected chi connectivity index (χ2v) is 6.14. The number of anilines is 1. The Morgan fingerprint density at radius 3 is 2.71 bits per heavy atom. The fourth-order valence-electron chi connectivity index (χ4n) is 3.13. The minimum absolute atomic E-state index is 0.120. The van der Waals surface area contributed by atoms with E-state index in [1.54, 1.807) is 4.68 Å². The second-order valence-electron chi connectivity index (χ2n) is 6.14. The van der Waals surface area contributed by atoms with Crippen molar-refractivity contribution in [1.29, 1.82) is 0 Å². The van der Waals surface area contributed by atoms with Crippen molar-refractivity contribution in [3.63, 3.8) is 0 Å². The molecule has 0 aliphatic heterocycles. The van der Waals surface area contributed by atoms with E-state index in [2.05, 4.69) is 22.3 Å². The number of fused-ring (bicyclic) bond motifs is 1. The topological polar surface area (TPSA) is 59.8 Å². The highest BCUT2D eigenvalue weighted by molar-refractivity contribution is 6.13. The number of aromatic nitrogens is 3. The molecule has 5 nitrogen and oxygen atoms in total. The molecule has 0 aliphatic carbocycles. The van der Waals surface area contributed by atoms with Gasteiger partial charge in [0.1, 0.15) is 0 Å². The maximum Gasteiger partial charge on any atom is 0.256 e. The number of hydrogen-bond donors (Lipinski definition) is 1. The van der Waals surface area contributed by atoms with Gasteiger partial charge >= 0.3 is 0 Å². The highest BCUT2D eigenvalue weighted by atomic mass is 16.1. The van der Waals surface area contributed by atoms with Crippen LogP contribution in [0.2, 0.25) is 0 Å². The van der Waals surface area contributed by atoms with Gasteiger partial charge in [0.05, 0.1) is 16.6 Å². The summed E-state index contributed by atoms with van der Waals surface area (Å²) in [7, 11) is 1.85. The lowest BCUT2D eigenvalue weighted by molar-refractivity contribution is 0.102. The van der Waals surface area contributed by atoms with Gasteiger partial charge in [-0.15, -0.1) is 0 Å². The largest absolute Gasteiger partial charge is 0.321 e. The molecule has 0 bridgehead atoms. The van der Waals surface area contributed by atoms with E-state index >= 15 is 0 Å². The van der Waals surface area contributed by atoms with Crippen molar-refractivity contribution in [3.8, 4) is 0 Å². The number of rotatable bonds is 3. The molecule has 0 radical (unpaired) electrons. The maximum atomic E-state index is 13.0. The van der Waals surface area contributed by atoms with Crippen LogP contribution in [0, 0.1) is 20.8 Å². The monoisotopic (exact) mass is 322 g/mol. The smallest absolute Gasteiger partial charge is 0.256 e. The first-order chi connectivity index (χ1) is 11.4. The van der Waals surface area contributed by atoms with Crippen LogP contribution in [0.4, 0.5) is 5.69 Å². The molecule has 24 heavy (non-hydrogen) atoms. The first-order valence-electron chi connectivity index (χ1n) is 8.13. The summed E-state index contributed by atoms with van der Waals surface area (Å²) >= 11 is 0. The highest BCUT2D eigenvalue weighted by Crippen LogP contribution is 2.25. The third kappa shape index (κ3) is 2.66. The van der Waals surface area contributed by atoms with Gasteiger partial charge in [-0.05, 0) is 44.4 Å². The van der Waals surface area contributed by atoms with Gasteiger partial charge < -0.3 is 5.32 Å². The van der Waals surface area contributed by atoms with Gasteiger partial charge in [-0.3, -0.25) is 9.48 Å². The van der Waals surface area contributed by atoms with Crippen LogP contribution >= 0.6 is 0 Å². The molecular weight excluding hydrogens is 300 g/mol. The molecule has 0 spiro atoms. The normalized spacial score (nSPS) is 11.0. The number of hydrogen-bond acceptors (Lipinski definition) is 3. The van der Waals surface area contributed by atoms with Crippen molar-refractivity contribution in [3.05, 3.63) is 52.3 Å². The lowest BCUT2D eigenvalue weighted by Gasteiger charge is -2.14. The van der Waals surface area contributed by atoms with E-state index in [-0.39, 0.29) is 5.91 Å². The lowest BCUT2D eigenvalue weighted by atomic mass is 10.0. The Hall–Kier alpha value is -2.69. The minimum atomic E-state index is -0.120. The summed E-state index contributed by atoms with van der Waals surface area (Å²) in [6.45, 7) is 7.90. The molecule has 1 aromatic carbocycles. The molecule has 2 heterocycles. The van der Waals surface area contributed by atoms with Crippen LogP contribution < -0.4 is 5.32 Å². The highest BCUT2D eigenvalue weighted by Gasteiger charge is 2.19. The number of carbonyl (C=O) groups is 1. The van der Waals surface area contributed by atoms with Gasteiger partial charge in [0.25, 0.3) is 5.91 Å². The zero-order chi connectivity index (χ0) is 17.4. The van der Waals surface area contributed by atoms with Gasteiger partial charge in [0.2, 0.25) is 0 Å². The number of carbonyl (C=O) groups excluding carboxylic acids is 1. The molecular formula is C19H22N4O. The van der Waals surface area contributed by atoms with Crippen molar-refractivity contribution in [1.82, 2.24) is 14.8 Å². The molecule has 0 saturated heterocycles. The maximum absolute atomic E-state index is 13.0. The van der Waals surface area contributed by atoms with E-state index in [9.17, 15) is 4.79 Å². The summed E-state index contributed by atoms with van der Waals surface area (Å²) in [6.07, 6.45) is 0.869. The number of amides is 1. The molecule has 1 amide bonds. The predicted molar refractivity (Wildman–Crippen MR) is 96.5 cm³/mol. The first kappa shape index (κ1) is 16.2. The van der Waals surface area contributed by atoms with Crippen molar-refractivity contribution in [2.24, 2.45) is 7.05 Å². The van der Waals surface area contributed by atoms with Gasteiger partial charge in [-0.1, -0.05) is 25.1 Å². The van der Waals surface area contributed by atoms with Crippen LogP contribution in [-0.2, 0) is 13.5 Å². The third-order valence-corrected chi connectivity index (χ3v) is 4.32. The van der Waals surface area contributed by atoms with E-state index in [4.69, 9.17) is 0 Å². The molecule has 0 unspecified atom stereocenters. The standard InChI is InChI=1S/C19H22N4O/c1-6-14-9-7-8-11(2)17(14)21-19(24)15-10-12(3)20-18-16(15)13(4)22-23(18)5/h7-10H,6H2,1-5H3,(H,21,24). The molecule has 0 aliphatic rings. The van der Waals surface area contributed by atoms with E-state index in [1.807, 2.05) is 52.1 Å². The lowest BCUT2D eigenvalue weighted by Crippen LogP contribution is -2.15. The molecule has 2 aromatic heterocycles. The second kappa shape index (κ2) is 6.07. The average Bonchev–Trinajstić information content (AvgIpc) is 2.82. The first-order valence-corrected chi connectivity index (χ1v) is 8.13. The molecule has 124 valence electrons. The van der Waals surface area contributed by atoms with E-state index < -0.39 is 0 Å². The van der Waals surface area contributed by atoms with Crippen molar-refractivity contribution in [2.75, 3.05) is 5.32 Å². The number of aryl methyl sites for hydroxylation is 5. The number of nitrogens with one attached hydrogen (secondary N) is 1. The van der Waals surface area contributed by atoms with Crippen LogP contribution in [0.15, 0.2) is 24.3 Å². The van der Waals surface area contributed by atoms with Crippen LogP contribution in [0.1, 0.15) is 39.8 Å². The van der Waals surface area contributed by atoms with Gasteiger partial charge in [-0.2, -0.15) is 5.10 Å². The van der Waals surface area contributed by atoms with Crippen molar-refractivity contribution >= 4 is 22.6 Å². The van der Waals surface area contributed by atoms with Crippen molar-refractivity contribution in [2.45, 2.75) is 34.1 Å². The van der Waals surface area contributed by atoms with Crippen LogP contribution in [0.25, 0.3) is 11.0 Å². The van der Waals surface area contributed by atoms with Gasteiger partial charge in [-0.25, -0.2) is 4.98 Å². The fourth-order valence-corrected chi connectivity index (χ4v) is 3.13. The Bertz CT molecular complexity index is 940. The van der Waals surface area contributed by atoms with E-state index in [0.717, 1.165) is 45.7 Å². The number of para-hydroxylation sites is 1.